The summed E-state index contributed by atoms with van der Waals surface area (Å²) in [5.41, 5.74) is 1.10. The Balaban J connectivity index is 2.19. The van der Waals surface area contributed by atoms with Crippen LogP contribution in [0.25, 0.3) is 0 Å². The summed E-state index contributed by atoms with van der Waals surface area (Å²) in [5, 5.41) is 0.160. The van der Waals surface area contributed by atoms with Crippen molar-refractivity contribution < 1.29 is 9.22 Å². The molecule has 0 aromatic heterocycles. The lowest BCUT2D eigenvalue weighted by Gasteiger charge is -2.42. The Kier molecular flexibility index (Phi) is 4.50. The molecule has 2 nitrogen and oxygen atoms in total. The summed E-state index contributed by atoms with van der Waals surface area (Å²) in [4.78, 5) is 12.1. The van der Waals surface area contributed by atoms with Crippen molar-refractivity contribution in [3.63, 3.8) is 0 Å². The van der Waals surface area contributed by atoms with E-state index in [1.165, 1.54) is 0 Å². The molecule has 3 heteroatoms. The Morgan fingerprint density at radius 1 is 0.917 bits per heavy atom. The molecule has 0 saturated heterocycles. The molecule has 0 amide bonds. The van der Waals surface area contributed by atoms with Crippen LogP contribution in [0.15, 0.2) is 60.7 Å². The van der Waals surface area contributed by atoms with Crippen LogP contribution >= 0.6 is 0 Å². The third kappa shape index (κ3) is 2.98. The number of aldehydes is 1. The van der Waals surface area contributed by atoms with Crippen LogP contribution in [-0.4, -0.2) is 16.0 Å². The van der Waals surface area contributed by atoms with E-state index in [1.54, 1.807) is 0 Å². The molecule has 0 bridgehead atoms. The van der Waals surface area contributed by atoms with Gasteiger partial charge in [0.25, 0.3) is 0 Å². The van der Waals surface area contributed by atoms with E-state index in [1.807, 2.05) is 36.4 Å². The molecular weight excluding hydrogens is 312 g/mol. The highest BCUT2D eigenvalue weighted by Crippen LogP contribution is 2.61. The molecule has 0 atom stereocenters. The predicted octanol–water partition coefficient (Wildman–Crippen LogP) is 4.23. The minimum absolute atomic E-state index is 0.160. The van der Waals surface area contributed by atoms with E-state index in [2.05, 4.69) is 45.0 Å². The summed E-state index contributed by atoms with van der Waals surface area (Å²) in [6.07, 6.45) is 2.92. The maximum Gasteiger partial charge on any atom is 0.168 e. The summed E-state index contributed by atoms with van der Waals surface area (Å²) in [6.45, 7) is 6.67. The van der Waals surface area contributed by atoms with Crippen molar-refractivity contribution in [3.8, 4) is 0 Å². The quantitative estimate of drug-likeness (QED) is 0.582. The Bertz CT molecular complexity index is 645. The molecule has 0 N–H and O–H groups in total. The van der Waals surface area contributed by atoms with Crippen LogP contribution in [0.5, 0.6) is 0 Å². The van der Waals surface area contributed by atoms with E-state index in [0.29, 0.717) is 0 Å². The lowest BCUT2D eigenvalue weighted by atomic mass is 9.74. The Morgan fingerprint density at radius 2 is 1.38 bits per heavy atom. The van der Waals surface area contributed by atoms with Gasteiger partial charge in [-0.1, -0.05) is 81.4 Å². The fraction of sp³-hybridized carbons (Fsp3) is 0.381. The average molecular weight is 339 g/mol. The fourth-order valence-electron chi connectivity index (χ4n) is 3.41. The summed E-state index contributed by atoms with van der Waals surface area (Å²) in [5.74, 6) is 0. The number of benzene rings is 2. The Labute approximate surface area is 147 Å². The van der Waals surface area contributed by atoms with E-state index >= 15 is 0 Å². The monoisotopic (exact) mass is 338 g/mol. The molecular formula is C21H26O2Si. The highest BCUT2D eigenvalue weighted by Gasteiger charge is 2.62. The van der Waals surface area contributed by atoms with Crippen LogP contribution in [0.4, 0.5) is 0 Å². The van der Waals surface area contributed by atoms with Crippen molar-refractivity contribution in [1.82, 2.24) is 0 Å². The third-order valence-electron chi connectivity index (χ3n) is 4.80. The molecule has 0 unspecified atom stereocenters. The number of rotatable bonds is 6. The zero-order valence-electron chi connectivity index (χ0n) is 14.8. The van der Waals surface area contributed by atoms with Crippen molar-refractivity contribution in [2.75, 3.05) is 0 Å². The van der Waals surface area contributed by atoms with Crippen molar-refractivity contribution in [2.24, 2.45) is 5.41 Å². The van der Waals surface area contributed by atoms with Crippen LogP contribution < -0.4 is 0 Å². The molecule has 1 fully saturated rings. The average Bonchev–Trinajstić information content (AvgIpc) is 3.38. The molecule has 2 aromatic carbocycles. The van der Waals surface area contributed by atoms with Gasteiger partial charge < -0.3 is 9.22 Å². The molecule has 126 valence electrons. The maximum absolute atomic E-state index is 12.1. The summed E-state index contributed by atoms with van der Waals surface area (Å²) in [6, 6.07) is 20.6. The molecule has 3 rings (SSSR count). The van der Waals surface area contributed by atoms with E-state index in [9.17, 15) is 4.79 Å². The maximum atomic E-state index is 12.1. The fourth-order valence-corrected chi connectivity index (χ4v) is 4.68. The molecule has 0 radical (unpaired) electrons. The first-order chi connectivity index (χ1) is 11.4. The lowest BCUT2D eigenvalue weighted by Crippen LogP contribution is -2.44. The number of carbonyl (C=O) groups is 1. The van der Waals surface area contributed by atoms with E-state index in [-0.39, 0.29) is 5.04 Å². The van der Waals surface area contributed by atoms with Gasteiger partial charge in [-0.15, -0.1) is 0 Å². The van der Waals surface area contributed by atoms with Crippen LogP contribution in [0.2, 0.25) is 5.04 Å². The molecule has 1 aliphatic carbocycles. The third-order valence-corrected chi connectivity index (χ3v) is 6.24. The van der Waals surface area contributed by atoms with Crippen molar-refractivity contribution in [2.45, 2.75) is 44.3 Å². The van der Waals surface area contributed by atoms with Gasteiger partial charge in [-0.05, 0) is 29.0 Å². The zero-order chi connectivity index (χ0) is 17.3. The zero-order valence-corrected chi connectivity index (χ0v) is 16.2. The molecule has 0 heterocycles. The van der Waals surface area contributed by atoms with Gasteiger partial charge in [-0.25, -0.2) is 0 Å². The molecule has 2 aromatic rings. The van der Waals surface area contributed by atoms with Crippen LogP contribution in [0, 0.1) is 5.41 Å². The van der Waals surface area contributed by atoms with Gasteiger partial charge in [0, 0.05) is 0 Å². The molecule has 0 spiro atoms. The summed E-state index contributed by atoms with van der Waals surface area (Å²) < 4.78 is 6.79. The molecule has 24 heavy (non-hydrogen) atoms. The first kappa shape index (κ1) is 17.1. The van der Waals surface area contributed by atoms with Crippen LogP contribution in [0.1, 0.15) is 44.7 Å². The van der Waals surface area contributed by atoms with Crippen molar-refractivity contribution in [1.29, 1.82) is 0 Å². The van der Waals surface area contributed by atoms with Gasteiger partial charge in [0.1, 0.15) is 11.9 Å². The first-order valence-electron chi connectivity index (χ1n) is 8.65. The topological polar surface area (TPSA) is 26.3 Å². The second kappa shape index (κ2) is 6.30. The smallest absolute Gasteiger partial charge is 0.168 e. The number of hydrogen-bond donors (Lipinski definition) is 0. The lowest BCUT2D eigenvalue weighted by molar-refractivity contribution is -0.119. The summed E-state index contributed by atoms with van der Waals surface area (Å²) >= 11 is 0. The Morgan fingerprint density at radius 3 is 1.71 bits per heavy atom. The second-order valence-corrected chi connectivity index (χ2v) is 10.7. The van der Waals surface area contributed by atoms with Gasteiger partial charge in [-0.3, -0.25) is 0 Å². The highest BCUT2D eigenvalue weighted by molar-refractivity contribution is 6.32. The van der Waals surface area contributed by atoms with E-state index in [0.717, 1.165) is 30.3 Å². The van der Waals surface area contributed by atoms with Crippen LogP contribution in [0.3, 0.4) is 0 Å². The van der Waals surface area contributed by atoms with E-state index in [4.69, 9.17) is 4.43 Å². The van der Waals surface area contributed by atoms with Crippen molar-refractivity contribution >= 4 is 16.0 Å². The summed E-state index contributed by atoms with van der Waals surface area (Å²) in [7, 11) is -0.850. The Hall–Kier alpha value is -1.71. The van der Waals surface area contributed by atoms with Crippen LogP contribution in [-0.2, 0) is 14.8 Å². The predicted molar refractivity (Wildman–Crippen MR) is 101 cm³/mol. The van der Waals surface area contributed by atoms with Gasteiger partial charge in [0.05, 0.1) is 5.41 Å². The minimum Gasteiger partial charge on any atom is -0.409 e. The molecule has 1 aliphatic rings. The van der Waals surface area contributed by atoms with E-state index < -0.39 is 20.8 Å². The first-order valence-corrected chi connectivity index (χ1v) is 9.93. The van der Waals surface area contributed by atoms with Gasteiger partial charge in [-0.2, -0.15) is 0 Å². The highest BCUT2D eigenvalue weighted by atomic mass is 28.2. The minimum atomic E-state index is -0.850. The van der Waals surface area contributed by atoms with Gasteiger partial charge in [0.2, 0.25) is 0 Å². The SMILES string of the molecule is CC(C)(C)[SiH2]OC(c1ccccc1)(c1ccccc1)C1(C=O)CC1. The van der Waals surface area contributed by atoms with Crippen molar-refractivity contribution in [3.05, 3.63) is 71.8 Å². The number of hydrogen-bond acceptors (Lipinski definition) is 2. The second-order valence-electron chi connectivity index (χ2n) is 8.04. The number of carbonyl (C=O) groups excluding carboxylic acids is 1. The molecule has 1 saturated carbocycles. The largest absolute Gasteiger partial charge is 0.409 e. The molecule has 0 aliphatic heterocycles. The standard InChI is InChI=1S/C21H26O2Si/c1-19(2,3)24-23-21(20(16-22)14-15-20,17-10-6-4-7-11-17)18-12-8-5-9-13-18/h4-13,16H,14-15,24H2,1-3H3. The van der Waals surface area contributed by atoms with Gasteiger partial charge >= 0.3 is 0 Å². The normalized spacial score (nSPS) is 17.1. The van der Waals surface area contributed by atoms with Gasteiger partial charge in [0.15, 0.2) is 9.76 Å².